The topological polar surface area (TPSA) is 30.7 Å². The van der Waals surface area contributed by atoms with Crippen LogP contribution >= 0.6 is 23.2 Å². The first kappa shape index (κ1) is 12.0. The zero-order chi connectivity index (χ0) is 12.5. The third-order valence-corrected chi connectivity index (χ3v) is 3.64. The largest absolute Gasteiger partial charge is 0.311 e. The van der Waals surface area contributed by atoms with Crippen molar-refractivity contribution in [1.82, 2.24) is 14.8 Å². The Balaban J connectivity index is 1.88. The van der Waals surface area contributed by atoms with Crippen molar-refractivity contribution in [1.29, 1.82) is 0 Å². The van der Waals surface area contributed by atoms with Crippen molar-refractivity contribution in [3.8, 4) is 0 Å². The Hall–Kier alpha value is -1.06. The number of nitrogens with zero attached hydrogens (tertiary/aromatic N) is 3. The minimum Gasteiger partial charge on any atom is -0.311 e. The van der Waals surface area contributed by atoms with E-state index in [2.05, 4.69) is 14.8 Å². The van der Waals surface area contributed by atoms with Crippen molar-refractivity contribution in [3.05, 3.63) is 46.5 Å². The lowest BCUT2D eigenvalue weighted by Crippen LogP contribution is -2.05. The van der Waals surface area contributed by atoms with Crippen molar-refractivity contribution in [3.63, 3.8) is 0 Å². The Labute approximate surface area is 116 Å². The molecule has 94 valence electrons. The third kappa shape index (κ3) is 2.38. The third-order valence-electron chi connectivity index (χ3n) is 3.14. The molecular weight excluding hydrogens is 269 g/mol. The molecule has 0 N–H and O–H groups in total. The van der Waals surface area contributed by atoms with E-state index in [4.69, 9.17) is 23.2 Å². The highest BCUT2D eigenvalue weighted by Crippen LogP contribution is 2.37. The van der Waals surface area contributed by atoms with Crippen molar-refractivity contribution in [2.75, 3.05) is 0 Å². The van der Waals surface area contributed by atoms with Crippen LogP contribution in [0.15, 0.2) is 24.3 Å². The molecule has 3 rings (SSSR count). The van der Waals surface area contributed by atoms with Gasteiger partial charge in [0, 0.05) is 17.5 Å². The van der Waals surface area contributed by atoms with Crippen LogP contribution in [-0.4, -0.2) is 14.8 Å². The number of aromatic nitrogens is 3. The van der Waals surface area contributed by atoms with Crippen LogP contribution in [0.3, 0.4) is 0 Å². The summed E-state index contributed by atoms with van der Waals surface area (Å²) in [6.45, 7) is 0. The highest BCUT2D eigenvalue weighted by atomic mass is 35.5. The molecule has 0 amide bonds. The molecule has 1 aromatic carbocycles. The van der Waals surface area contributed by atoms with Crippen molar-refractivity contribution in [2.45, 2.75) is 31.2 Å². The predicted molar refractivity (Wildman–Crippen MR) is 72.1 cm³/mol. The highest BCUT2D eigenvalue weighted by Gasteiger charge is 2.28. The van der Waals surface area contributed by atoms with Gasteiger partial charge in [0.05, 0.1) is 5.88 Å². The number of hydrogen-bond donors (Lipinski definition) is 0. The maximum atomic E-state index is 5.90. The average Bonchev–Trinajstić information content (AvgIpc) is 3.14. The van der Waals surface area contributed by atoms with E-state index in [1.54, 1.807) is 0 Å². The van der Waals surface area contributed by atoms with Crippen LogP contribution in [0.25, 0.3) is 0 Å². The van der Waals surface area contributed by atoms with E-state index in [0.29, 0.717) is 11.9 Å². The molecule has 18 heavy (non-hydrogen) atoms. The summed E-state index contributed by atoms with van der Waals surface area (Å²) in [5.41, 5.74) is 1.19. The monoisotopic (exact) mass is 281 g/mol. The molecule has 0 unspecified atom stereocenters. The van der Waals surface area contributed by atoms with E-state index in [-0.39, 0.29) is 0 Å². The smallest absolute Gasteiger partial charge is 0.148 e. The molecule has 0 radical (unpaired) electrons. The van der Waals surface area contributed by atoms with Crippen LogP contribution in [0, 0.1) is 0 Å². The summed E-state index contributed by atoms with van der Waals surface area (Å²) >= 11 is 11.8. The van der Waals surface area contributed by atoms with Gasteiger partial charge in [0.1, 0.15) is 11.6 Å². The molecule has 0 saturated heterocycles. The lowest BCUT2D eigenvalue weighted by molar-refractivity contribution is 0.669. The first-order valence-electron chi connectivity index (χ1n) is 6.01. The summed E-state index contributed by atoms with van der Waals surface area (Å²) < 4.78 is 2.20. The minimum absolute atomic E-state index is 0.421. The maximum absolute atomic E-state index is 5.90. The highest BCUT2D eigenvalue weighted by molar-refractivity contribution is 6.30. The number of alkyl halides is 1. The second kappa shape index (κ2) is 4.90. The van der Waals surface area contributed by atoms with Crippen LogP contribution in [0.2, 0.25) is 5.02 Å². The first-order valence-corrected chi connectivity index (χ1v) is 6.92. The molecule has 2 aromatic rings. The second-order valence-corrected chi connectivity index (χ2v) is 5.27. The molecule has 1 aliphatic carbocycles. The lowest BCUT2D eigenvalue weighted by atomic mass is 10.1. The van der Waals surface area contributed by atoms with E-state index in [1.165, 1.54) is 18.4 Å². The molecular formula is C13H13Cl2N3. The van der Waals surface area contributed by atoms with Gasteiger partial charge in [-0.25, -0.2) is 0 Å². The van der Waals surface area contributed by atoms with Gasteiger partial charge in [-0.2, -0.15) is 0 Å². The first-order chi connectivity index (χ1) is 8.78. The standard InChI is InChI=1S/C13H13Cl2N3/c14-8-13-17-16-12(18(13)11-5-6-11)7-9-1-3-10(15)4-2-9/h1-4,11H,5-8H2. The van der Waals surface area contributed by atoms with Crippen LogP contribution in [0.5, 0.6) is 0 Å². The van der Waals surface area contributed by atoms with E-state index < -0.39 is 0 Å². The summed E-state index contributed by atoms with van der Waals surface area (Å²) in [6, 6.07) is 8.40. The molecule has 1 heterocycles. The zero-order valence-electron chi connectivity index (χ0n) is 9.81. The molecule has 1 fully saturated rings. The van der Waals surface area contributed by atoms with Crippen LogP contribution in [-0.2, 0) is 12.3 Å². The molecule has 0 aliphatic heterocycles. The zero-order valence-corrected chi connectivity index (χ0v) is 11.3. The van der Waals surface area contributed by atoms with Gasteiger partial charge in [-0.1, -0.05) is 23.7 Å². The van der Waals surface area contributed by atoms with Crippen molar-refractivity contribution >= 4 is 23.2 Å². The SMILES string of the molecule is ClCc1nnc(Cc2ccc(Cl)cc2)n1C1CC1. The average molecular weight is 282 g/mol. The summed E-state index contributed by atoms with van der Waals surface area (Å²) in [6.07, 6.45) is 3.18. The summed E-state index contributed by atoms with van der Waals surface area (Å²) in [4.78, 5) is 0. The molecule has 0 bridgehead atoms. The quantitative estimate of drug-likeness (QED) is 0.802. The predicted octanol–water partition coefficient (Wildman–Crippen LogP) is 3.60. The Morgan fingerprint density at radius 1 is 1.11 bits per heavy atom. The number of halogens is 2. The lowest BCUT2D eigenvalue weighted by Gasteiger charge is -2.07. The summed E-state index contributed by atoms with van der Waals surface area (Å²) in [5.74, 6) is 2.29. The van der Waals surface area contributed by atoms with Gasteiger partial charge in [0.15, 0.2) is 0 Å². The van der Waals surface area contributed by atoms with E-state index in [1.807, 2.05) is 24.3 Å². The molecule has 1 aromatic heterocycles. The van der Waals surface area contributed by atoms with Gasteiger partial charge in [-0.3, -0.25) is 0 Å². The minimum atomic E-state index is 0.421. The van der Waals surface area contributed by atoms with Gasteiger partial charge < -0.3 is 4.57 Å². The van der Waals surface area contributed by atoms with Crippen LogP contribution in [0.4, 0.5) is 0 Å². The van der Waals surface area contributed by atoms with Gasteiger partial charge in [-0.05, 0) is 30.5 Å². The Morgan fingerprint density at radius 3 is 2.39 bits per heavy atom. The number of hydrogen-bond acceptors (Lipinski definition) is 2. The molecule has 5 heteroatoms. The summed E-state index contributed by atoms with van der Waals surface area (Å²) in [7, 11) is 0. The van der Waals surface area contributed by atoms with Crippen molar-refractivity contribution in [2.24, 2.45) is 0 Å². The van der Waals surface area contributed by atoms with Crippen molar-refractivity contribution < 1.29 is 0 Å². The fourth-order valence-electron chi connectivity index (χ4n) is 2.11. The Bertz CT molecular complexity index is 544. The molecule has 0 spiro atoms. The number of rotatable bonds is 4. The molecule has 1 saturated carbocycles. The van der Waals surface area contributed by atoms with Gasteiger partial charge in [0.25, 0.3) is 0 Å². The Kier molecular flexibility index (Phi) is 3.27. The van der Waals surface area contributed by atoms with E-state index >= 15 is 0 Å². The van der Waals surface area contributed by atoms with Gasteiger partial charge >= 0.3 is 0 Å². The number of benzene rings is 1. The molecule has 1 aliphatic rings. The van der Waals surface area contributed by atoms with Gasteiger partial charge in [0.2, 0.25) is 0 Å². The second-order valence-electron chi connectivity index (χ2n) is 4.57. The normalized spacial score (nSPS) is 15.0. The fraction of sp³-hybridized carbons (Fsp3) is 0.385. The molecule has 3 nitrogen and oxygen atoms in total. The molecule has 0 atom stereocenters. The van der Waals surface area contributed by atoms with E-state index in [0.717, 1.165) is 23.1 Å². The maximum Gasteiger partial charge on any atom is 0.148 e. The van der Waals surface area contributed by atoms with Gasteiger partial charge in [-0.15, -0.1) is 21.8 Å². The fourth-order valence-corrected chi connectivity index (χ4v) is 2.42. The Morgan fingerprint density at radius 2 is 1.78 bits per heavy atom. The van der Waals surface area contributed by atoms with Crippen LogP contribution in [0.1, 0.15) is 36.1 Å². The summed E-state index contributed by atoms with van der Waals surface area (Å²) in [5, 5.41) is 9.18. The van der Waals surface area contributed by atoms with Crippen LogP contribution < -0.4 is 0 Å². The van der Waals surface area contributed by atoms with E-state index in [9.17, 15) is 0 Å².